The minimum Gasteiger partial charge on any atom is -0.354 e. The van der Waals surface area contributed by atoms with Gasteiger partial charge >= 0.3 is 6.18 Å². The van der Waals surface area contributed by atoms with Crippen LogP contribution in [0.3, 0.4) is 0 Å². The van der Waals surface area contributed by atoms with Gasteiger partial charge in [0.1, 0.15) is 5.82 Å². The number of alkyl halides is 3. The van der Waals surface area contributed by atoms with E-state index in [0.717, 1.165) is 25.0 Å². The molecule has 0 atom stereocenters. The SMILES string of the molecule is O=C(Cc1cccc(F)c1)NCCNC(=O)C1(c2cccc(C(F)(F)F)c2)CCCC1. The monoisotopic (exact) mass is 436 g/mol. The van der Waals surface area contributed by atoms with Gasteiger partial charge in [0, 0.05) is 13.1 Å². The molecule has 0 radical (unpaired) electrons. The van der Waals surface area contributed by atoms with Gasteiger partial charge in [0.05, 0.1) is 17.4 Å². The summed E-state index contributed by atoms with van der Waals surface area (Å²) >= 11 is 0. The highest BCUT2D eigenvalue weighted by atomic mass is 19.4. The minimum absolute atomic E-state index is 0.0138. The molecule has 1 saturated carbocycles. The molecule has 0 aliphatic heterocycles. The molecule has 31 heavy (non-hydrogen) atoms. The van der Waals surface area contributed by atoms with E-state index in [1.807, 2.05) is 0 Å². The third-order valence-electron chi connectivity index (χ3n) is 5.62. The predicted molar refractivity (Wildman–Crippen MR) is 108 cm³/mol. The molecule has 0 bridgehead atoms. The molecule has 3 rings (SSSR count). The Hall–Kier alpha value is -2.90. The van der Waals surface area contributed by atoms with Crippen LogP contribution in [0.5, 0.6) is 0 Å². The molecule has 0 saturated heterocycles. The number of nitrogens with one attached hydrogen (secondary N) is 2. The van der Waals surface area contributed by atoms with Crippen LogP contribution in [0.25, 0.3) is 0 Å². The molecule has 2 N–H and O–H groups in total. The molecule has 166 valence electrons. The van der Waals surface area contributed by atoms with Gasteiger partial charge in [-0.15, -0.1) is 0 Å². The first-order chi connectivity index (χ1) is 14.7. The van der Waals surface area contributed by atoms with E-state index >= 15 is 0 Å². The summed E-state index contributed by atoms with van der Waals surface area (Å²) in [7, 11) is 0. The lowest BCUT2D eigenvalue weighted by Crippen LogP contribution is -2.45. The van der Waals surface area contributed by atoms with Gasteiger partial charge in [0.25, 0.3) is 0 Å². The number of hydrogen-bond donors (Lipinski definition) is 2. The van der Waals surface area contributed by atoms with Crippen LogP contribution in [-0.2, 0) is 27.6 Å². The molecule has 0 spiro atoms. The number of hydrogen-bond acceptors (Lipinski definition) is 2. The summed E-state index contributed by atoms with van der Waals surface area (Å²) in [6.45, 7) is 0.312. The summed E-state index contributed by atoms with van der Waals surface area (Å²) in [5, 5.41) is 5.41. The lowest BCUT2D eigenvalue weighted by atomic mass is 9.77. The van der Waals surface area contributed by atoms with Crippen LogP contribution in [0.4, 0.5) is 17.6 Å². The van der Waals surface area contributed by atoms with E-state index in [1.165, 1.54) is 24.3 Å². The number of halogens is 4. The predicted octanol–water partition coefficient (Wildman–Crippen LogP) is 4.13. The van der Waals surface area contributed by atoms with E-state index in [-0.39, 0.29) is 31.3 Å². The molecule has 2 amide bonds. The van der Waals surface area contributed by atoms with E-state index in [9.17, 15) is 27.2 Å². The molecule has 1 fully saturated rings. The Kier molecular flexibility index (Phi) is 6.97. The van der Waals surface area contributed by atoms with Crippen LogP contribution < -0.4 is 10.6 Å². The third-order valence-corrected chi connectivity index (χ3v) is 5.62. The molecule has 0 unspecified atom stereocenters. The van der Waals surface area contributed by atoms with Crippen molar-refractivity contribution in [2.75, 3.05) is 13.1 Å². The van der Waals surface area contributed by atoms with Gasteiger partial charge in [0.2, 0.25) is 11.8 Å². The van der Waals surface area contributed by atoms with E-state index < -0.39 is 23.0 Å². The molecular weight excluding hydrogens is 412 g/mol. The molecule has 2 aromatic rings. The van der Waals surface area contributed by atoms with Crippen molar-refractivity contribution in [1.82, 2.24) is 10.6 Å². The Bertz CT molecular complexity index is 937. The first-order valence-electron chi connectivity index (χ1n) is 10.2. The van der Waals surface area contributed by atoms with Gasteiger partial charge in [-0.3, -0.25) is 9.59 Å². The third kappa shape index (κ3) is 5.62. The molecule has 0 heterocycles. The molecular formula is C23H24F4N2O2. The Balaban J connectivity index is 1.57. The average Bonchev–Trinajstić information content (AvgIpc) is 3.22. The van der Waals surface area contributed by atoms with E-state index in [4.69, 9.17) is 0 Å². The Morgan fingerprint density at radius 1 is 0.935 bits per heavy atom. The van der Waals surface area contributed by atoms with Gasteiger partial charge in [-0.1, -0.05) is 43.2 Å². The molecule has 1 aliphatic carbocycles. The number of benzene rings is 2. The van der Waals surface area contributed by atoms with E-state index in [1.54, 1.807) is 12.1 Å². The normalized spacial score (nSPS) is 15.5. The Morgan fingerprint density at radius 3 is 2.29 bits per heavy atom. The fraction of sp³-hybridized carbons (Fsp3) is 0.391. The van der Waals surface area contributed by atoms with E-state index in [2.05, 4.69) is 10.6 Å². The van der Waals surface area contributed by atoms with Gasteiger partial charge in [-0.2, -0.15) is 13.2 Å². The highest BCUT2D eigenvalue weighted by molar-refractivity contribution is 5.88. The topological polar surface area (TPSA) is 58.2 Å². The maximum absolute atomic E-state index is 13.2. The summed E-state index contributed by atoms with van der Waals surface area (Å²) in [6, 6.07) is 10.7. The van der Waals surface area contributed by atoms with Crippen molar-refractivity contribution >= 4 is 11.8 Å². The van der Waals surface area contributed by atoms with Crippen molar-refractivity contribution < 1.29 is 27.2 Å². The average molecular weight is 436 g/mol. The first kappa shape index (κ1) is 22.8. The largest absolute Gasteiger partial charge is 0.416 e. The van der Waals surface area contributed by atoms with Gasteiger partial charge in [0.15, 0.2) is 0 Å². The lowest BCUT2D eigenvalue weighted by Gasteiger charge is -2.29. The van der Waals surface area contributed by atoms with Crippen molar-refractivity contribution in [3.63, 3.8) is 0 Å². The van der Waals surface area contributed by atoms with Gasteiger partial charge in [-0.25, -0.2) is 4.39 Å². The Labute approximate surface area is 178 Å². The van der Waals surface area contributed by atoms with Crippen LogP contribution in [0, 0.1) is 5.82 Å². The zero-order chi connectivity index (χ0) is 22.5. The zero-order valence-electron chi connectivity index (χ0n) is 16.9. The van der Waals surface area contributed by atoms with E-state index in [0.29, 0.717) is 24.0 Å². The fourth-order valence-corrected chi connectivity index (χ4v) is 4.06. The minimum atomic E-state index is -4.47. The van der Waals surface area contributed by atoms with Gasteiger partial charge in [-0.05, 0) is 42.2 Å². The molecule has 4 nitrogen and oxygen atoms in total. The smallest absolute Gasteiger partial charge is 0.354 e. The standard InChI is InChI=1S/C23H24F4N2O2/c24-19-8-3-5-16(13-19)14-20(30)28-11-12-29-21(31)22(9-1-2-10-22)17-6-4-7-18(15-17)23(25,26)27/h3-8,13,15H,1-2,9-12,14H2,(H,28,30)(H,29,31). The summed E-state index contributed by atoms with van der Waals surface area (Å²) in [6.07, 6.45) is -1.99. The molecule has 1 aliphatic rings. The van der Waals surface area contributed by atoms with Crippen molar-refractivity contribution in [3.8, 4) is 0 Å². The quantitative estimate of drug-likeness (QED) is 0.507. The number of carbonyl (C=O) groups is 2. The maximum atomic E-state index is 13.2. The van der Waals surface area contributed by atoms with Crippen LogP contribution >= 0.6 is 0 Å². The number of amides is 2. The van der Waals surface area contributed by atoms with Gasteiger partial charge < -0.3 is 10.6 Å². The molecule has 2 aromatic carbocycles. The van der Waals surface area contributed by atoms with Crippen molar-refractivity contribution in [2.24, 2.45) is 0 Å². The molecule has 8 heteroatoms. The number of carbonyl (C=O) groups excluding carboxylic acids is 2. The van der Waals surface area contributed by atoms with Crippen LogP contribution in [0.1, 0.15) is 42.4 Å². The van der Waals surface area contributed by atoms with Crippen molar-refractivity contribution in [1.29, 1.82) is 0 Å². The summed E-state index contributed by atoms with van der Waals surface area (Å²) in [5.41, 5.74) is -0.857. The molecule has 0 aromatic heterocycles. The van der Waals surface area contributed by atoms with Crippen molar-refractivity contribution in [2.45, 2.75) is 43.7 Å². The van der Waals surface area contributed by atoms with Crippen LogP contribution in [0.2, 0.25) is 0 Å². The second-order valence-corrected chi connectivity index (χ2v) is 7.78. The van der Waals surface area contributed by atoms with Crippen molar-refractivity contribution in [3.05, 3.63) is 71.0 Å². The number of rotatable bonds is 7. The second kappa shape index (κ2) is 9.49. The van der Waals surface area contributed by atoms with Crippen LogP contribution in [-0.4, -0.2) is 24.9 Å². The lowest BCUT2D eigenvalue weighted by molar-refractivity contribution is -0.138. The summed E-state index contributed by atoms with van der Waals surface area (Å²) in [5.74, 6) is -1.06. The van der Waals surface area contributed by atoms with Crippen LogP contribution in [0.15, 0.2) is 48.5 Å². The summed E-state index contributed by atoms with van der Waals surface area (Å²) < 4.78 is 52.6. The Morgan fingerprint density at radius 2 is 1.61 bits per heavy atom. The highest BCUT2D eigenvalue weighted by Crippen LogP contribution is 2.43. The fourth-order valence-electron chi connectivity index (χ4n) is 4.06. The first-order valence-corrected chi connectivity index (χ1v) is 10.2. The maximum Gasteiger partial charge on any atom is 0.416 e. The highest BCUT2D eigenvalue weighted by Gasteiger charge is 2.43. The zero-order valence-corrected chi connectivity index (χ0v) is 16.9. The summed E-state index contributed by atoms with van der Waals surface area (Å²) in [4.78, 5) is 24.9. The second-order valence-electron chi connectivity index (χ2n) is 7.78.